The van der Waals surface area contributed by atoms with Crippen LogP contribution >= 0.6 is 11.8 Å². The Morgan fingerprint density at radius 1 is 1.58 bits per heavy atom. The van der Waals surface area contributed by atoms with Gasteiger partial charge in [0.05, 0.1) is 6.61 Å². The van der Waals surface area contributed by atoms with Crippen molar-refractivity contribution >= 4 is 17.7 Å². The van der Waals surface area contributed by atoms with Crippen molar-refractivity contribution in [3.05, 3.63) is 0 Å². The first-order valence-electron chi connectivity index (χ1n) is 4.14. The van der Waals surface area contributed by atoms with Crippen LogP contribution in [-0.2, 0) is 9.53 Å². The molecule has 0 aliphatic rings. The van der Waals surface area contributed by atoms with E-state index >= 15 is 0 Å². The summed E-state index contributed by atoms with van der Waals surface area (Å²) in [5.41, 5.74) is 0. The molecule has 72 valence electrons. The van der Waals surface area contributed by atoms with Crippen LogP contribution in [0, 0.1) is 0 Å². The summed E-state index contributed by atoms with van der Waals surface area (Å²) in [6.45, 7) is 5.15. The maximum Gasteiger partial charge on any atom is 0.316 e. The zero-order chi connectivity index (χ0) is 9.40. The molecule has 4 heteroatoms. The fourth-order valence-electron chi connectivity index (χ4n) is 0.757. The van der Waals surface area contributed by atoms with E-state index in [0.29, 0.717) is 19.6 Å². The smallest absolute Gasteiger partial charge is 0.316 e. The minimum Gasteiger partial charge on any atom is -0.480 e. The van der Waals surface area contributed by atoms with E-state index in [-0.39, 0.29) is 5.25 Å². The van der Waals surface area contributed by atoms with Crippen LogP contribution in [-0.4, -0.2) is 35.3 Å². The monoisotopic (exact) mass is 192 g/mol. The van der Waals surface area contributed by atoms with Crippen molar-refractivity contribution < 1.29 is 14.6 Å². The predicted octanol–water partition coefficient (Wildman–Crippen LogP) is 1.62. The molecule has 0 aromatic rings. The molecule has 0 aliphatic carbocycles. The van der Waals surface area contributed by atoms with E-state index in [2.05, 4.69) is 0 Å². The lowest BCUT2D eigenvalue weighted by molar-refractivity contribution is -0.136. The second-order valence-electron chi connectivity index (χ2n) is 2.30. The van der Waals surface area contributed by atoms with Crippen LogP contribution in [0.1, 0.15) is 20.3 Å². The Hall–Kier alpha value is -0.220. The van der Waals surface area contributed by atoms with Gasteiger partial charge in [0, 0.05) is 12.4 Å². The quantitative estimate of drug-likeness (QED) is 0.623. The molecule has 0 bridgehead atoms. The van der Waals surface area contributed by atoms with Gasteiger partial charge in [-0.3, -0.25) is 4.79 Å². The molecule has 0 amide bonds. The Balaban J connectivity index is 3.38. The molecule has 0 heterocycles. The highest BCUT2D eigenvalue weighted by Gasteiger charge is 2.14. The number of carbonyl (C=O) groups is 1. The average molecular weight is 192 g/mol. The molecule has 0 saturated heterocycles. The molecular formula is C8H16O3S. The van der Waals surface area contributed by atoms with Gasteiger partial charge >= 0.3 is 5.97 Å². The van der Waals surface area contributed by atoms with Crippen LogP contribution in [0.3, 0.4) is 0 Å². The van der Waals surface area contributed by atoms with Crippen LogP contribution in [0.2, 0.25) is 0 Å². The highest BCUT2D eigenvalue weighted by atomic mass is 32.2. The summed E-state index contributed by atoms with van der Waals surface area (Å²) in [6, 6.07) is 0. The topological polar surface area (TPSA) is 46.5 Å². The average Bonchev–Trinajstić information content (AvgIpc) is 2.04. The summed E-state index contributed by atoms with van der Waals surface area (Å²) in [5, 5.41) is 8.40. The van der Waals surface area contributed by atoms with Gasteiger partial charge in [-0.25, -0.2) is 0 Å². The third-order valence-electron chi connectivity index (χ3n) is 1.40. The molecule has 0 rings (SSSR count). The molecule has 1 atom stereocenters. The third kappa shape index (κ3) is 5.43. The first-order chi connectivity index (χ1) is 5.72. The molecule has 0 radical (unpaired) electrons. The fourth-order valence-corrected chi connectivity index (χ4v) is 1.63. The van der Waals surface area contributed by atoms with Crippen molar-refractivity contribution in [1.29, 1.82) is 0 Å². The standard InChI is InChI=1S/C8H16O3S/c1-3-7(8(9)10)12-6-5-11-4-2/h7H,3-6H2,1-2H3,(H,9,10). The van der Waals surface area contributed by atoms with Crippen LogP contribution < -0.4 is 0 Å². The summed E-state index contributed by atoms with van der Waals surface area (Å²) >= 11 is 1.45. The molecular weight excluding hydrogens is 176 g/mol. The predicted molar refractivity (Wildman–Crippen MR) is 50.7 cm³/mol. The number of carboxylic acids is 1. The Bertz CT molecular complexity index is 127. The minimum atomic E-state index is -0.723. The van der Waals surface area contributed by atoms with Gasteiger partial charge in [0.2, 0.25) is 0 Å². The SMILES string of the molecule is CCOCCSC(CC)C(=O)O. The Labute approximate surface area is 77.5 Å². The Kier molecular flexibility index (Phi) is 7.29. The lowest BCUT2D eigenvalue weighted by atomic mass is 10.3. The van der Waals surface area contributed by atoms with Crippen molar-refractivity contribution in [3.8, 4) is 0 Å². The van der Waals surface area contributed by atoms with Gasteiger partial charge in [0.25, 0.3) is 0 Å². The summed E-state index contributed by atoms with van der Waals surface area (Å²) in [7, 11) is 0. The van der Waals surface area contributed by atoms with Gasteiger partial charge in [-0.2, -0.15) is 0 Å². The van der Waals surface area contributed by atoms with Gasteiger partial charge in [0.1, 0.15) is 5.25 Å². The zero-order valence-corrected chi connectivity index (χ0v) is 8.39. The Morgan fingerprint density at radius 3 is 2.67 bits per heavy atom. The number of hydrogen-bond acceptors (Lipinski definition) is 3. The van der Waals surface area contributed by atoms with E-state index in [4.69, 9.17) is 9.84 Å². The molecule has 3 nitrogen and oxygen atoms in total. The second-order valence-corrected chi connectivity index (χ2v) is 3.61. The summed E-state index contributed by atoms with van der Waals surface area (Å²) in [4.78, 5) is 10.5. The number of carboxylic acid groups (broad SMARTS) is 1. The van der Waals surface area contributed by atoms with Crippen molar-refractivity contribution in [2.45, 2.75) is 25.5 Å². The van der Waals surface area contributed by atoms with Crippen LogP contribution in [0.15, 0.2) is 0 Å². The summed E-state index contributed by atoms with van der Waals surface area (Å²) in [5.74, 6) is 0.0394. The lowest BCUT2D eigenvalue weighted by Gasteiger charge is -2.08. The molecule has 1 unspecified atom stereocenters. The highest BCUT2D eigenvalue weighted by molar-refractivity contribution is 8.00. The van der Waals surface area contributed by atoms with E-state index in [1.807, 2.05) is 13.8 Å². The van der Waals surface area contributed by atoms with Crippen molar-refractivity contribution in [3.63, 3.8) is 0 Å². The molecule has 0 spiro atoms. The van der Waals surface area contributed by atoms with Gasteiger partial charge in [-0.1, -0.05) is 6.92 Å². The van der Waals surface area contributed by atoms with Gasteiger partial charge < -0.3 is 9.84 Å². The van der Waals surface area contributed by atoms with Gasteiger partial charge in [0.15, 0.2) is 0 Å². The van der Waals surface area contributed by atoms with Gasteiger partial charge in [-0.05, 0) is 13.3 Å². The second kappa shape index (κ2) is 7.43. The van der Waals surface area contributed by atoms with Crippen LogP contribution in [0.5, 0.6) is 0 Å². The van der Waals surface area contributed by atoms with E-state index in [1.54, 1.807) is 0 Å². The molecule has 12 heavy (non-hydrogen) atoms. The van der Waals surface area contributed by atoms with Crippen LogP contribution in [0.4, 0.5) is 0 Å². The molecule has 0 aromatic heterocycles. The van der Waals surface area contributed by atoms with E-state index in [0.717, 1.165) is 5.75 Å². The van der Waals surface area contributed by atoms with Gasteiger partial charge in [-0.15, -0.1) is 11.8 Å². The maximum atomic E-state index is 10.5. The summed E-state index contributed by atoms with van der Waals surface area (Å²) < 4.78 is 5.09. The molecule has 1 N–H and O–H groups in total. The molecule has 0 aromatic carbocycles. The van der Waals surface area contributed by atoms with Crippen molar-refractivity contribution in [2.75, 3.05) is 19.0 Å². The normalized spacial score (nSPS) is 12.8. The minimum absolute atomic E-state index is 0.273. The first-order valence-corrected chi connectivity index (χ1v) is 5.19. The van der Waals surface area contributed by atoms with Crippen molar-refractivity contribution in [1.82, 2.24) is 0 Å². The Morgan fingerprint density at radius 2 is 2.25 bits per heavy atom. The maximum absolute atomic E-state index is 10.5. The lowest BCUT2D eigenvalue weighted by Crippen LogP contribution is -2.16. The van der Waals surface area contributed by atoms with Crippen LogP contribution in [0.25, 0.3) is 0 Å². The first kappa shape index (κ1) is 11.8. The molecule has 0 saturated carbocycles. The van der Waals surface area contributed by atoms with Crippen molar-refractivity contribution in [2.24, 2.45) is 0 Å². The zero-order valence-electron chi connectivity index (χ0n) is 7.58. The van der Waals surface area contributed by atoms with E-state index in [1.165, 1.54) is 11.8 Å². The molecule has 0 fully saturated rings. The number of rotatable bonds is 7. The summed E-state index contributed by atoms with van der Waals surface area (Å²) in [6.07, 6.45) is 0.673. The molecule has 0 aliphatic heterocycles. The van der Waals surface area contributed by atoms with E-state index < -0.39 is 5.97 Å². The number of aliphatic carboxylic acids is 1. The number of ether oxygens (including phenoxy) is 1. The third-order valence-corrected chi connectivity index (χ3v) is 2.74. The number of thioether (sulfide) groups is 1. The number of hydrogen-bond donors (Lipinski definition) is 1. The highest BCUT2D eigenvalue weighted by Crippen LogP contribution is 2.13. The largest absolute Gasteiger partial charge is 0.480 e. The van der Waals surface area contributed by atoms with E-state index in [9.17, 15) is 4.79 Å². The fraction of sp³-hybridized carbons (Fsp3) is 0.875.